The normalized spacial score (nSPS) is 22.6. The molecule has 0 aromatic carbocycles. The van der Waals surface area contributed by atoms with Gasteiger partial charge in [-0.05, 0) is 6.26 Å². The third-order valence-corrected chi connectivity index (χ3v) is 2.30. The van der Waals surface area contributed by atoms with Crippen molar-refractivity contribution in [3.63, 3.8) is 0 Å². The van der Waals surface area contributed by atoms with Crippen molar-refractivity contribution in [1.29, 1.82) is 0 Å². The molecule has 1 rings (SSSR count). The van der Waals surface area contributed by atoms with E-state index in [4.69, 9.17) is 0 Å². The van der Waals surface area contributed by atoms with Gasteiger partial charge in [-0.1, -0.05) is 0 Å². The van der Waals surface area contributed by atoms with Gasteiger partial charge in [0, 0.05) is 12.3 Å². The number of alkyl halides is 1. The molecule has 1 atom stereocenters. The molecule has 0 spiro atoms. The van der Waals surface area contributed by atoms with Crippen LogP contribution in [0.2, 0.25) is 0 Å². The van der Waals surface area contributed by atoms with Gasteiger partial charge < -0.3 is 0 Å². The molecule has 7 heteroatoms. The molecule has 14 heavy (non-hydrogen) atoms. The third kappa shape index (κ3) is 2.03. The number of hydrogen-bond acceptors (Lipinski definition) is 4. The van der Waals surface area contributed by atoms with E-state index >= 15 is 0 Å². The molecule has 0 saturated carbocycles. The van der Waals surface area contributed by atoms with Gasteiger partial charge in [0.05, 0.1) is 0 Å². The number of amides is 4. The maximum atomic E-state index is 12.9. The zero-order valence-electron chi connectivity index (χ0n) is 7.45. The summed E-state index contributed by atoms with van der Waals surface area (Å²) in [6.07, 6.45) is -0.459. The summed E-state index contributed by atoms with van der Waals surface area (Å²) in [6, 6.07) is -0.844. The Balaban J connectivity index is 2.69. The lowest BCUT2D eigenvalue weighted by atomic mass is 10.2. The molecule has 0 bridgehead atoms. The molecule has 1 fully saturated rings. The summed E-state index contributed by atoms with van der Waals surface area (Å²) in [5.41, 5.74) is 0. The van der Waals surface area contributed by atoms with Gasteiger partial charge in [0.1, 0.15) is 0 Å². The molecule has 5 nitrogen and oxygen atoms in total. The second-order valence-corrected chi connectivity index (χ2v) is 3.63. The maximum absolute atomic E-state index is 12.9. The largest absolute Gasteiger partial charge is 0.330 e. The Hall–Kier alpha value is -1.11. The summed E-state index contributed by atoms with van der Waals surface area (Å²) >= 11 is 1.42. The van der Waals surface area contributed by atoms with Crippen molar-refractivity contribution < 1.29 is 18.8 Å². The first-order chi connectivity index (χ1) is 6.57. The molecule has 1 N–H and O–H groups in total. The van der Waals surface area contributed by atoms with Crippen LogP contribution in [0.15, 0.2) is 0 Å². The number of hydrogen-bond donors (Lipinski definition) is 1. The number of carbonyl (C=O) groups is 3. The number of imide groups is 2. The molecular weight excluding hydrogens is 211 g/mol. The van der Waals surface area contributed by atoms with Crippen LogP contribution in [-0.2, 0) is 9.59 Å². The Morgan fingerprint density at radius 3 is 2.71 bits per heavy atom. The summed E-state index contributed by atoms with van der Waals surface area (Å²) in [7, 11) is 0. The number of rotatable bonds is 3. The van der Waals surface area contributed by atoms with Crippen LogP contribution in [0.1, 0.15) is 0 Å². The zero-order chi connectivity index (χ0) is 10.7. The van der Waals surface area contributed by atoms with E-state index < -0.39 is 24.0 Å². The predicted octanol–water partition coefficient (Wildman–Crippen LogP) is -0.234. The fraction of sp³-hybridized carbons (Fsp3) is 0.571. The molecule has 1 unspecified atom stereocenters. The molecule has 1 heterocycles. The van der Waals surface area contributed by atoms with Crippen LogP contribution < -0.4 is 5.32 Å². The highest BCUT2D eigenvalue weighted by Gasteiger charge is 2.40. The SMILES string of the molecule is CSCCN1C(=O)NC(=O)C(F)C1=O. The van der Waals surface area contributed by atoms with Crippen molar-refractivity contribution >= 4 is 29.6 Å². The summed E-state index contributed by atoms with van der Waals surface area (Å²) in [5, 5.41) is 1.76. The van der Waals surface area contributed by atoms with Crippen molar-refractivity contribution in [3.05, 3.63) is 0 Å². The summed E-state index contributed by atoms with van der Waals surface area (Å²) in [6.45, 7) is 0.111. The van der Waals surface area contributed by atoms with Crippen LogP contribution in [0.3, 0.4) is 0 Å². The van der Waals surface area contributed by atoms with Gasteiger partial charge in [-0.15, -0.1) is 0 Å². The average molecular weight is 220 g/mol. The number of halogens is 1. The first-order valence-corrected chi connectivity index (χ1v) is 5.26. The lowest BCUT2D eigenvalue weighted by Crippen LogP contribution is -2.59. The van der Waals surface area contributed by atoms with E-state index in [1.807, 2.05) is 0 Å². The smallest absolute Gasteiger partial charge is 0.275 e. The number of urea groups is 1. The minimum atomic E-state index is -2.26. The van der Waals surface area contributed by atoms with Gasteiger partial charge in [0.2, 0.25) is 0 Å². The molecule has 1 saturated heterocycles. The van der Waals surface area contributed by atoms with E-state index in [9.17, 15) is 18.8 Å². The minimum Gasteiger partial charge on any atom is -0.275 e. The molecule has 1 aliphatic rings. The highest BCUT2D eigenvalue weighted by Crippen LogP contribution is 2.07. The molecule has 0 radical (unpaired) electrons. The van der Waals surface area contributed by atoms with Gasteiger partial charge >= 0.3 is 6.03 Å². The molecule has 0 aromatic heterocycles. The Labute approximate surface area is 84.0 Å². The predicted molar refractivity (Wildman–Crippen MR) is 48.5 cm³/mol. The minimum absolute atomic E-state index is 0.111. The molecule has 0 aromatic rings. The van der Waals surface area contributed by atoms with Gasteiger partial charge in [0.25, 0.3) is 18.0 Å². The van der Waals surface area contributed by atoms with E-state index in [0.717, 1.165) is 0 Å². The molecular formula is C7H9FN2O3S. The van der Waals surface area contributed by atoms with E-state index in [1.165, 1.54) is 11.8 Å². The summed E-state index contributed by atoms with van der Waals surface area (Å²) in [5.74, 6) is -1.74. The second kappa shape index (κ2) is 4.41. The Bertz CT molecular complexity index is 284. The molecule has 78 valence electrons. The third-order valence-electron chi connectivity index (χ3n) is 1.71. The van der Waals surface area contributed by atoms with Gasteiger partial charge in [0.15, 0.2) is 0 Å². The van der Waals surface area contributed by atoms with E-state index in [2.05, 4.69) is 0 Å². The van der Waals surface area contributed by atoms with E-state index in [-0.39, 0.29) is 6.54 Å². The highest BCUT2D eigenvalue weighted by molar-refractivity contribution is 7.98. The molecule has 0 aliphatic carbocycles. The number of nitrogens with one attached hydrogen (secondary N) is 1. The summed E-state index contributed by atoms with van der Waals surface area (Å²) < 4.78 is 12.9. The van der Waals surface area contributed by atoms with E-state index in [0.29, 0.717) is 10.7 Å². The van der Waals surface area contributed by atoms with Crippen LogP contribution >= 0.6 is 11.8 Å². The van der Waals surface area contributed by atoms with Crippen molar-refractivity contribution in [2.45, 2.75) is 6.17 Å². The Morgan fingerprint density at radius 1 is 1.50 bits per heavy atom. The highest BCUT2D eigenvalue weighted by atomic mass is 32.2. The van der Waals surface area contributed by atoms with Crippen molar-refractivity contribution in [1.82, 2.24) is 10.2 Å². The molecule has 1 aliphatic heterocycles. The molecule has 4 amide bonds. The lowest BCUT2D eigenvalue weighted by molar-refractivity contribution is -0.143. The van der Waals surface area contributed by atoms with Gasteiger partial charge in [-0.3, -0.25) is 19.8 Å². The number of nitrogens with zero attached hydrogens (tertiary/aromatic N) is 1. The number of carbonyl (C=O) groups excluding carboxylic acids is 3. The topological polar surface area (TPSA) is 66.5 Å². The zero-order valence-corrected chi connectivity index (χ0v) is 8.27. The monoisotopic (exact) mass is 220 g/mol. The average Bonchev–Trinajstić information content (AvgIpc) is 2.14. The quantitative estimate of drug-likeness (QED) is 0.667. The van der Waals surface area contributed by atoms with Crippen LogP contribution in [0.5, 0.6) is 0 Å². The lowest BCUT2D eigenvalue weighted by Gasteiger charge is -2.26. The Morgan fingerprint density at radius 2 is 2.14 bits per heavy atom. The Kier molecular flexibility index (Phi) is 3.45. The first kappa shape index (κ1) is 11.0. The van der Waals surface area contributed by atoms with Crippen LogP contribution in [0.25, 0.3) is 0 Å². The van der Waals surface area contributed by atoms with Gasteiger partial charge in [-0.25, -0.2) is 9.18 Å². The van der Waals surface area contributed by atoms with E-state index in [1.54, 1.807) is 11.6 Å². The van der Waals surface area contributed by atoms with Crippen molar-refractivity contribution in [2.24, 2.45) is 0 Å². The van der Waals surface area contributed by atoms with Crippen LogP contribution in [-0.4, -0.2) is 47.5 Å². The van der Waals surface area contributed by atoms with Crippen molar-refractivity contribution in [2.75, 3.05) is 18.6 Å². The van der Waals surface area contributed by atoms with Crippen molar-refractivity contribution in [3.8, 4) is 0 Å². The standard InChI is InChI=1S/C7H9FN2O3S/c1-14-3-2-10-6(12)4(8)5(11)9-7(10)13/h4H,2-3H2,1H3,(H,9,11,13). The summed E-state index contributed by atoms with van der Waals surface area (Å²) in [4.78, 5) is 33.6. The fourth-order valence-electron chi connectivity index (χ4n) is 0.980. The maximum Gasteiger partial charge on any atom is 0.330 e. The van der Waals surface area contributed by atoms with Crippen LogP contribution in [0.4, 0.5) is 9.18 Å². The number of thioether (sulfide) groups is 1. The fourth-order valence-corrected chi connectivity index (χ4v) is 1.34. The van der Waals surface area contributed by atoms with Gasteiger partial charge in [-0.2, -0.15) is 11.8 Å². The number of barbiturate groups is 1. The second-order valence-electron chi connectivity index (χ2n) is 2.64. The van der Waals surface area contributed by atoms with Crippen LogP contribution in [0, 0.1) is 0 Å². The first-order valence-electron chi connectivity index (χ1n) is 3.87.